The minimum Gasteiger partial charge on any atom is -0.465 e. The van der Waals surface area contributed by atoms with Gasteiger partial charge in [0.25, 0.3) is 0 Å². The summed E-state index contributed by atoms with van der Waals surface area (Å²) in [5.74, 6) is -1.56. The molecule has 1 heterocycles. The highest BCUT2D eigenvalue weighted by molar-refractivity contribution is 7.12. The number of nitrogens with zero attached hydrogens (tertiary/aromatic N) is 3. The first kappa shape index (κ1) is 16.1. The van der Waals surface area contributed by atoms with Crippen LogP contribution in [-0.4, -0.2) is 31.4 Å². The zero-order valence-corrected chi connectivity index (χ0v) is 12.0. The van der Waals surface area contributed by atoms with Crippen LogP contribution in [0.15, 0.2) is 10.5 Å². The lowest BCUT2D eigenvalue weighted by Gasteiger charge is -2.03. The van der Waals surface area contributed by atoms with Crippen LogP contribution in [0.2, 0.25) is 0 Å². The number of hydrazone groups is 1. The molecule has 108 valence electrons. The molecule has 9 heteroatoms. The van der Waals surface area contributed by atoms with Crippen molar-refractivity contribution in [2.75, 3.05) is 19.1 Å². The topological polar surface area (TPSA) is 125 Å². The summed E-state index contributed by atoms with van der Waals surface area (Å²) < 4.78 is 9.20. The monoisotopic (exact) mass is 306 g/mol. The number of nitriles is 2. The van der Waals surface area contributed by atoms with Crippen molar-refractivity contribution in [3.63, 3.8) is 0 Å². The van der Waals surface area contributed by atoms with Crippen molar-refractivity contribution in [2.24, 2.45) is 5.10 Å². The number of nitrogens with one attached hydrogen (secondary N) is 1. The van der Waals surface area contributed by atoms with Crippen molar-refractivity contribution in [1.29, 1.82) is 10.5 Å². The Kier molecular flexibility index (Phi) is 5.86. The smallest absolute Gasteiger partial charge is 0.369 e. The molecule has 0 unspecified atom stereocenters. The molecule has 0 saturated heterocycles. The van der Waals surface area contributed by atoms with Crippen LogP contribution in [-0.2, 0) is 14.3 Å². The molecule has 21 heavy (non-hydrogen) atoms. The van der Waals surface area contributed by atoms with Gasteiger partial charge >= 0.3 is 11.9 Å². The Morgan fingerprint density at radius 2 is 2.19 bits per heavy atom. The van der Waals surface area contributed by atoms with Crippen LogP contribution in [0.25, 0.3) is 0 Å². The molecule has 0 aromatic carbocycles. The summed E-state index contributed by atoms with van der Waals surface area (Å²) in [6, 6.07) is 3.43. The fourth-order valence-corrected chi connectivity index (χ4v) is 2.08. The number of carbonyl (C=O) groups excluding carboxylic acids is 2. The van der Waals surface area contributed by atoms with Crippen molar-refractivity contribution in [1.82, 2.24) is 0 Å². The number of carbonyl (C=O) groups is 2. The number of rotatable bonds is 5. The summed E-state index contributed by atoms with van der Waals surface area (Å²) in [4.78, 5) is 23.1. The molecule has 0 aliphatic carbocycles. The molecule has 0 atom stereocenters. The molecule has 0 spiro atoms. The average Bonchev–Trinajstić information content (AvgIpc) is 2.90. The van der Waals surface area contributed by atoms with Crippen molar-refractivity contribution in [3.05, 3.63) is 15.8 Å². The first-order valence-electron chi connectivity index (χ1n) is 5.59. The lowest BCUT2D eigenvalue weighted by molar-refractivity contribution is -0.134. The van der Waals surface area contributed by atoms with Crippen LogP contribution < -0.4 is 5.43 Å². The molecule has 0 bridgehead atoms. The van der Waals surface area contributed by atoms with E-state index in [9.17, 15) is 9.59 Å². The van der Waals surface area contributed by atoms with E-state index in [0.29, 0.717) is 0 Å². The standard InChI is InChI=1S/C12H10N4O4S/c1-3-20-11(17)8(5-14)15-16-9-7(4-13)6-21-10(9)12(18)19-2/h6,16H,3H2,1-2H3. The zero-order chi connectivity index (χ0) is 15.8. The fraction of sp³-hybridized carbons (Fsp3) is 0.250. The van der Waals surface area contributed by atoms with Crippen LogP contribution in [0.1, 0.15) is 22.2 Å². The predicted octanol–water partition coefficient (Wildman–Crippen LogP) is 1.26. The Hall–Kier alpha value is -2.91. The van der Waals surface area contributed by atoms with Crippen LogP contribution in [0, 0.1) is 22.7 Å². The largest absolute Gasteiger partial charge is 0.465 e. The fourth-order valence-electron chi connectivity index (χ4n) is 1.22. The Bertz CT molecular complexity index is 666. The number of methoxy groups -OCH3 is 1. The minimum absolute atomic E-state index is 0.0754. The van der Waals surface area contributed by atoms with E-state index in [1.807, 2.05) is 6.07 Å². The summed E-state index contributed by atoms with van der Waals surface area (Å²) in [6.07, 6.45) is 0. The van der Waals surface area contributed by atoms with Gasteiger partial charge in [0, 0.05) is 5.38 Å². The molecule has 1 aromatic rings. The Balaban J connectivity index is 3.10. The van der Waals surface area contributed by atoms with E-state index >= 15 is 0 Å². The number of anilines is 1. The number of esters is 2. The molecule has 0 fully saturated rings. The van der Waals surface area contributed by atoms with E-state index in [0.717, 1.165) is 11.3 Å². The van der Waals surface area contributed by atoms with E-state index in [1.165, 1.54) is 12.5 Å². The highest BCUT2D eigenvalue weighted by atomic mass is 32.1. The zero-order valence-electron chi connectivity index (χ0n) is 11.2. The summed E-state index contributed by atoms with van der Waals surface area (Å²) in [6.45, 7) is 1.68. The predicted molar refractivity (Wildman–Crippen MR) is 73.7 cm³/mol. The third kappa shape index (κ3) is 3.78. The van der Waals surface area contributed by atoms with Gasteiger partial charge in [0.2, 0.25) is 5.71 Å². The van der Waals surface area contributed by atoms with E-state index in [2.05, 4.69) is 20.0 Å². The van der Waals surface area contributed by atoms with Crippen molar-refractivity contribution in [2.45, 2.75) is 6.92 Å². The van der Waals surface area contributed by atoms with Crippen molar-refractivity contribution in [3.8, 4) is 12.1 Å². The van der Waals surface area contributed by atoms with Gasteiger partial charge < -0.3 is 9.47 Å². The number of hydrogen-bond acceptors (Lipinski definition) is 9. The van der Waals surface area contributed by atoms with Gasteiger partial charge in [0.1, 0.15) is 17.0 Å². The van der Waals surface area contributed by atoms with Crippen molar-refractivity contribution < 1.29 is 19.1 Å². The second-order valence-corrected chi connectivity index (χ2v) is 4.24. The summed E-state index contributed by atoms with van der Waals surface area (Å²) in [5, 5.41) is 22.8. The highest BCUT2D eigenvalue weighted by Crippen LogP contribution is 2.28. The highest BCUT2D eigenvalue weighted by Gasteiger charge is 2.19. The number of ether oxygens (including phenoxy) is 2. The second kappa shape index (κ2) is 7.62. The first-order chi connectivity index (χ1) is 10.1. The van der Waals surface area contributed by atoms with Gasteiger partial charge in [0.15, 0.2) is 0 Å². The molecule has 1 N–H and O–H groups in total. The molecular weight excluding hydrogens is 296 g/mol. The maximum atomic E-state index is 11.5. The van der Waals surface area contributed by atoms with E-state index in [-0.39, 0.29) is 22.7 Å². The lowest BCUT2D eigenvalue weighted by atomic mass is 10.3. The Morgan fingerprint density at radius 1 is 1.48 bits per heavy atom. The third-order valence-corrected chi connectivity index (χ3v) is 3.10. The first-order valence-corrected chi connectivity index (χ1v) is 6.47. The number of hydrogen-bond donors (Lipinski definition) is 1. The van der Waals surface area contributed by atoms with Gasteiger partial charge in [-0.3, -0.25) is 5.43 Å². The second-order valence-electron chi connectivity index (χ2n) is 3.36. The Morgan fingerprint density at radius 3 is 2.71 bits per heavy atom. The maximum absolute atomic E-state index is 11.5. The molecule has 1 rings (SSSR count). The molecule has 0 radical (unpaired) electrons. The van der Waals surface area contributed by atoms with Crippen LogP contribution >= 0.6 is 11.3 Å². The summed E-state index contributed by atoms with van der Waals surface area (Å²) >= 11 is 0.983. The van der Waals surface area contributed by atoms with E-state index < -0.39 is 17.7 Å². The third-order valence-electron chi connectivity index (χ3n) is 2.14. The lowest BCUT2D eigenvalue weighted by Crippen LogP contribution is -2.17. The molecule has 0 saturated carbocycles. The van der Waals surface area contributed by atoms with E-state index in [1.54, 1.807) is 13.0 Å². The van der Waals surface area contributed by atoms with Crippen LogP contribution in [0.3, 0.4) is 0 Å². The normalized spacial score (nSPS) is 10.2. The van der Waals surface area contributed by atoms with Crippen LogP contribution in [0.5, 0.6) is 0 Å². The molecule has 8 nitrogen and oxygen atoms in total. The van der Waals surface area contributed by atoms with Gasteiger partial charge in [-0.05, 0) is 6.92 Å². The van der Waals surface area contributed by atoms with Gasteiger partial charge in [0.05, 0.1) is 25.0 Å². The quantitative estimate of drug-likeness (QED) is 0.493. The summed E-state index contributed by atoms with van der Waals surface area (Å²) in [5.41, 5.74) is 2.06. The van der Waals surface area contributed by atoms with Crippen molar-refractivity contribution >= 4 is 34.7 Å². The van der Waals surface area contributed by atoms with Gasteiger partial charge in [-0.1, -0.05) is 0 Å². The average molecular weight is 306 g/mol. The molecular formula is C12H10N4O4S. The molecule has 1 aromatic heterocycles. The summed E-state index contributed by atoms with van der Waals surface area (Å²) in [7, 11) is 1.19. The van der Waals surface area contributed by atoms with Gasteiger partial charge in [-0.25, -0.2) is 9.59 Å². The SMILES string of the molecule is CCOC(=O)C(C#N)=NNc1c(C#N)csc1C(=O)OC. The van der Waals surface area contributed by atoms with Gasteiger partial charge in [-0.15, -0.1) is 11.3 Å². The molecule has 0 amide bonds. The Labute approximate surface area is 124 Å². The van der Waals surface area contributed by atoms with E-state index in [4.69, 9.17) is 10.5 Å². The van der Waals surface area contributed by atoms with Gasteiger partial charge in [-0.2, -0.15) is 15.6 Å². The number of thiophene rings is 1. The molecule has 0 aliphatic heterocycles. The molecule has 0 aliphatic rings. The van der Waals surface area contributed by atoms with Crippen LogP contribution in [0.4, 0.5) is 5.69 Å². The minimum atomic E-state index is -0.902. The maximum Gasteiger partial charge on any atom is 0.369 e.